The number of nitrogens with zero attached hydrogens (tertiary/aromatic N) is 4. The zero-order valence-electron chi connectivity index (χ0n) is 21.2. The molecule has 0 saturated carbocycles. The summed E-state index contributed by atoms with van der Waals surface area (Å²) >= 11 is 2.13. The van der Waals surface area contributed by atoms with Gasteiger partial charge in [-0.3, -0.25) is 19.9 Å². The summed E-state index contributed by atoms with van der Waals surface area (Å²) in [6, 6.07) is 9.90. The second-order valence-electron chi connectivity index (χ2n) is 9.82. The van der Waals surface area contributed by atoms with Crippen molar-refractivity contribution >= 4 is 56.0 Å². The van der Waals surface area contributed by atoms with Crippen molar-refractivity contribution in [2.45, 2.75) is 20.8 Å². The van der Waals surface area contributed by atoms with Crippen LogP contribution in [0, 0.1) is 5.41 Å². The predicted octanol–water partition coefficient (Wildman–Crippen LogP) is 6.57. The van der Waals surface area contributed by atoms with Crippen molar-refractivity contribution in [2.75, 3.05) is 0 Å². The number of hydrogen-bond acceptors (Lipinski definition) is 5. The first kappa shape index (κ1) is 25.5. The van der Waals surface area contributed by atoms with Gasteiger partial charge in [0.2, 0.25) is 5.91 Å². The highest BCUT2D eigenvalue weighted by Crippen LogP contribution is 2.32. The van der Waals surface area contributed by atoms with Crippen LogP contribution in [0.2, 0.25) is 0 Å². The number of rotatable bonds is 6. The molecule has 0 radical (unpaired) electrons. The molecule has 0 aliphatic heterocycles. The van der Waals surface area contributed by atoms with Gasteiger partial charge >= 0.3 is 0 Å². The Morgan fingerprint density at radius 1 is 1.11 bits per heavy atom. The number of carbonyl (C=O) groups excluding carboxylic acids is 1. The van der Waals surface area contributed by atoms with Crippen LogP contribution in [0.5, 0.6) is 0 Å². The number of hydrogen-bond donors (Lipinski definition) is 3. The summed E-state index contributed by atoms with van der Waals surface area (Å²) in [4.78, 5) is 29.4. The highest BCUT2D eigenvalue weighted by atomic mass is 127. The Kier molecular flexibility index (Phi) is 6.94. The minimum atomic E-state index is -0.503. The molecule has 0 bridgehead atoms. The van der Waals surface area contributed by atoms with Crippen LogP contribution in [-0.4, -0.2) is 36.0 Å². The van der Waals surface area contributed by atoms with Gasteiger partial charge in [0.1, 0.15) is 11.2 Å². The Bertz CT molecular complexity index is 1720. The molecule has 0 spiro atoms. The molecular weight excluding hydrogens is 589 g/mol. The number of H-pyrrole nitrogens is 2. The van der Waals surface area contributed by atoms with E-state index in [9.17, 15) is 4.79 Å². The minimum absolute atomic E-state index is 0.0577. The number of benzene rings is 1. The average molecular weight is 615 g/mol. The van der Waals surface area contributed by atoms with Gasteiger partial charge in [0, 0.05) is 50.3 Å². The van der Waals surface area contributed by atoms with Gasteiger partial charge in [0.15, 0.2) is 5.82 Å². The van der Waals surface area contributed by atoms with E-state index in [0.29, 0.717) is 17.2 Å². The van der Waals surface area contributed by atoms with Crippen LogP contribution in [0.25, 0.3) is 50.2 Å². The maximum absolute atomic E-state index is 12.5. The van der Waals surface area contributed by atoms with E-state index in [2.05, 4.69) is 59.6 Å². The van der Waals surface area contributed by atoms with Gasteiger partial charge in [-0.1, -0.05) is 68.1 Å². The largest absolute Gasteiger partial charge is 0.335 e. The number of imidazole rings is 1. The topological polar surface area (TPSA) is 112 Å². The number of carbonyl (C=O) groups is 1. The zero-order valence-corrected chi connectivity index (χ0v) is 23.4. The maximum Gasteiger partial charge on any atom is 0.229 e. The van der Waals surface area contributed by atoms with E-state index >= 15 is 0 Å². The van der Waals surface area contributed by atoms with Crippen molar-refractivity contribution in [1.29, 1.82) is 0 Å². The van der Waals surface area contributed by atoms with Gasteiger partial charge in [0.25, 0.3) is 0 Å². The van der Waals surface area contributed by atoms with Gasteiger partial charge in [-0.15, -0.1) is 0 Å². The molecule has 3 N–H and O–H groups in total. The molecule has 0 aliphatic carbocycles. The number of halogens is 1. The van der Waals surface area contributed by atoms with Crippen LogP contribution in [0.1, 0.15) is 26.3 Å². The van der Waals surface area contributed by atoms with E-state index in [1.807, 2.05) is 61.3 Å². The normalized spacial score (nSPS) is 12.7. The zero-order chi connectivity index (χ0) is 26.9. The average Bonchev–Trinajstić information content (AvgIpc) is 3.54. The van der Waals surface area contributed by atoms with Crippen LogP contribution >= 0.6 is 22.6 Å². The lowest BCUT2D eigenvalue weighted by molar-refractivity contribution is -0.127. The van der Waals surface area contributed by atoms with Crippen LogP contribution in [-0.2, 0) is 4.79 Å². The molecule has 38 heavy (non-hydrogen) atoms. The molecular formula is C29H26IN7O. The molecule has 190 valence electrons. The van der Waals surface area contributed by atoms with Crippen molar-refractivity contribution in [3.8, 4) is 22.6 Å². The molecule has 0 saturated heterocycles. The molecule has 5 aromatic rings. The Balaban J connectivity index is 1.55. The minimum Gasteiger partial charge on any atom is -0.335 e. The van der Waals surface area contributed by atoms with E-state index in [0.717, 1.165) is 44.2 Å². The van der Waals surface area contributed by atoms with Crippen LogP contribution in [0.3, 0.4) is 0 Å². The lowest BCUT2D eigenvalue weighted by Crippen LogP contribution is -2.33. The summed E-state index contributed by atoms with van der Waals surface area (Å²) < 4.78 is 1.84. The lowest BCUT2D eigenvalue weighted by atomic mass is 9.95. The Hall–Kier alpha value is -4.12. The Morgan fingerprint density at radius 2 is 1.95 bits per heavy atom. The Labute approximate surface area is 233 Å². The smallest absolute Gasteiger partial charge is 0.229 e. The number of allylic oxidation sites excluding steroid dienone is 3. The van der Waals surface area contributed by atoms with Crippen molar-refractivity contribution < 1.29 is 4.79 Å². The summed E-state index contributed by atoms with van der Waals surface area (Å²) in [6.45, 7) is 9.65. The maximum atomic E-state index is 12.5. The summed E-state index contributed by atoms with van der Waals surface area (Å²) in [5.74, 6) is 0.577. The molecule has 8 nitrogen and oxygen atoms in total. The number of aromatic amines is 2. The van der Waals surface area contributed by atoms with Crippen LogP contribution < -0.4 is 5.32 Å². The summed E-state index contributed by atoms with van der Waals surface area (Å²) in [5.41, 5.74) is 7.02. The van der Waals surface area contributed by atoms with E-state index in [1.165, 1.54) is 0 Å². The number of nitrogens with one attached hydrogen (secondary N) is 3. The van der Waals surface area contributed by atoms with Crippen molar-refractivity contribution in [1.82, 2.24) is 35.5 Å². The fourth-order valence-corrected chi connectivity index (χ4v) is 4.33. The third-order valence-corrected chi connectivity index (χ3v) is 6.75. The number of amides is 1. The van der Waals surface area contributed by atoms with Crippen molar-refractivity contribution in [3.63, 3.8) is 0 Å². The number of fused-ring (bicyclic) bond motifs is 2. The highest BCUT2D eigenvalue weighted by Gasteiger charge is 2.21. The van der Waals surface area contributed by atoms with Gasteiger partial charge < -0.3 is 10.3 Å². The van der Waals surface area contributed by atoms with E-state index in [4.69, 9.17) is 4.98 Å². The fourth-order valence-electron chi connectivity index (χ4n) is 3.99. The first-order chi connectivity index (χ1) is 18.3. The quantitative estimate of drug-likeness (QED) is 0.148. The Morgan fingerprint density at radius 3 is 2.66 bits per heavy atom. The highest BCUT2D eigenvalue weighted by molar-refractivity contribution is 14.1. The first-order valence-corrected chi connectivity index (χ1v) is 13.2. The van der Waals surface area contributed by atoms with Crippen molar-refractivity contribution in [3.05, 3.63) is 89.2 Å². The fraction of sp³-hybridized carbons (Fsp3) is 0.138. The molecule has 1 amide bonds. The van der Waals surface area contributed by atoms with Crippen molar-refractivity contribution in [2.24, 2.45) is 5.41 Å². The van der Waals surface area contributed by atoms with Gasteiger partial charge in [-0.25, -0.2) is 4.98 Å². The first-order valence-electron chi connectivity index (χ1n) is 12.0. The molecule has 1 aromatic carbocycles. The standard InChI is InChI=1S/C29H26IN7O/c1-5-17(11-20(13-30)33-28(38)29(2,3)4)18-8-9-23-21(12-18)26(37-36-23)27-34-24-16-32-15-22(25(24)35-27)19-7-6-10-31-14-19/h5-16H,1H2,2-4H3,(H,33,38)(H,34,35)(H,36,37)/b17-11+,20-13+. The molecule has 0 aliphatic rings. The van der Waals surface area contributed by atoms with Crippen LogP contribution in [0.15, 0.2) is 83.6 Å². The van der Waals surface area contributed by atoms with E-state index < -0.39 is 5.41 Å². The molecule has 9 heteroatoms. The van der Waals surface area contributed by atoms with Crippen LogP contribution in [0.4, 0.5) is 0 Å². The number of aromatic nitrogens is 6. The van der Waals surface area contributed by atoms with E-state index in [-0.39, 0.29) is 5.91 Å². The predicted molar refractivity (Wildman–Crippen MR) is 160 cm³/mol. The molecule has 4 aromatic heterocycles. The SMILES string of the molecule is C=C/C(=C\C(=C/I)NC(=O)C(C)(C)C)c1ccc2[nH]nc(-c3nc4c(-c5cccnc5)cncc4[nH]3)c2c1. The summed E-state index contributed by atoms with van der Waals surface area (Å²) in [5, 5.41) is 11.6. The monoisotopic (exact) mass is 615 g/mol. The molecule has 5 rings (SSSR count). The number of pyridine rings is 2. The molecule has 4 heterocycles. The third kappa shape index (κ3) is 5.01. The third-order valence-electron chi connectivity index (χ3n) is 6.07. The van der Waals surface area contributed by atoms with E-state index in [1.54, 1.807) is 30.9 Å². The molecule has 0 fully saturated rings. The lowest BCUT2D eigenvalue weighted by Gasteiger charge is -2.18. The summed E-state index contributed by atoms with van der Waals surface area (Å²) in [7, 11) is 0. The van der Waals surface area contributed by atoms with Gasteiger partial charge in [-0.05, 0) is 35.4 Å². The van der Waals surface area contributed by atoms with Gasteiger partial charge in [-0.2, -0.15) is 5.10 Å². The second-order valence-corrected chi connectivity index (χ2v) is 10.4. The molecule has 0 atom stereocenters. The summed E-state index contributed by atoms with van der Waals surface area (Å²) in [6.07, 6.45) is 10.8. The van der Waals surface area contributed by atoms with Gasteiger partial charge in [0.05, 0.1) is 17.2 Å². The molecule has 0 unspecified atom stereocenters. The second kappa shape index (κ2) is 10.3.